The van der Waals surface area contributed by atoms with Crippen LogP contribution in [0.25, 0.3) is 0 Å². The number of hydrogen-bond donors (Lipinski definition) is 0. The highest BCUT2D eigenvalue weighted by Crippen LogP contribution is 2.41. The average molecular weight is 352 g/mol. The van der Waals surface area contributed by atoms with Crippen molar-refractivity contribution in [3.63, 3.8) is 0 Å². The summed E-state index contributed by atoms with van der Waals surface area (Å²) in [6, 6.07) is 1.67. The number of fused-ring (bicyclic) bond motifs is 1. The second kappa shape index (κ2) is 6.90. The zero-order valence-electron chi connectivity index (χ0n) is 13.1. The van der Waals surface area contributed by atoms with E-state index in [0.29, 0.717) is 6.07 Å². The maximum absolute atomic E-state index is 12.5. The minimum atomic E-state index is -0.882. The number of carbonyl (C=O) groups is 2. The van der Waals surface area contributed by atoms with E-state index in [1.807, 2.05) is 0 Å². The van der Waals surface area contributed by atoms with Gasteiger partial charge in [0.2, 0.25) is 0 Å². The first-order valence-corrected chi connectivity index (χ1v) is 6.87. The van der Waals surface area contributed by atoms with Gasteiger partial charge in [0.25, 0.3) is 11.6 Å². The standard InChI is InChI=1S/C13H12N4O8/c1-3-25-10(18)6-15-12-8(11(13(15)19)14-24-2)4-7(16(20)21)5-9(12)17(22)23/h4-5H,3,6H2,1-2H3. The van der Waals surface area contributed by atoms with Gasteiger partial charge in [0.05, 0.1) is 22.5 Å². The van der Waals surface area contributed by atoms with Crippen molar-refractivity contribution in [1.29, 1.82) is 0 Å². The molecule has 0 unspecified atom stereocenters. The highest BCUT2D eigenvalue weighted by atomic mass is 16.6. The monoisotopic (exact) mass is 352 g/mol. The van der Waals surface area contributed by atoms with E-state index in [2.05, 4.69) is 9.99 Å². The summed E-state index contributed by atoms with van der Waals surface area (Å²) in [5.41, 5.74) is -2.13. The van der Waals surface area contributed by atoms with Crippen LogP contribution < -0.4 is 4.90 Å². The fraction of sp³-hybridized carbons (Fsp3) is 0.308. The Morgan fingerprint density at radius 1 is 1.28 bits per heavy atom. The van der Waals surface area contributed by atoms with E-state index < -0.39 is 39.6 Å². The maximum atomic E-state index is 12.5. The summed E-state index contributed by atoms with van der Waals surface area (Å²) in [5.74, 6) is -1.67. The topological polar surface area (TPSA) is 154 Å². The maximum Gasteiger partial charge on any atom is 0.326 e. The van der Waals surface area contributed by atoms with Crippen molar-refractivity contribution >= 4 is 34.7 Å². The molecule has 12 nitrogen and oxygen atoms in total. The fourth-order valence-corrected chi connectivity index (χ4v) is 2.32. The molecule has 0 N–H and O–H groups in total. The minimum absolute atomic E-state index is 0.0507. The van der Waals surface area contributed by atoms with Crippen LogP contribution in [-0.2, 0) is 19.2 Å². The fourth-order valence-electron chi connectivity index (χ4n) is 2.32. The van der Waals surface area contributed by atoms with Crippen molar-refractivity contribution < 1.29 is 29.0 Å². The Kier molecular flexibility index (Phi) is 4.91. The van der Waals surface area contributed by atoms with Crippen LogP contribution >= 0.6 is 0 Å². The van der Waals surface area contributed by atoms with Gasteiger partial charge in [0, 0.05) is 11.6 Å². The van der Waals surface area contributed by atoms with Crippen LogP contribution in [0.15, 0.2) is 17.3 Å². The molecule has 25 heavy (non-hydrogen) atoms. The van der Waals surface area contributed by atoms with E-state index in [0.717, 1.165) is 18.1 Å². The molecule has 0 aliphatic carbocycles. The molecule has 1 amide bonds. The molecule has 0 bridgehead atoms. The third kappa shape index (κ3) is 3.22. The zero-order valence-corrected chi connectivity index (χ0v) is 13.1. The van der Waals surface area contributed by atoms with Crippen molar-refractivity contribution in [2.45, 2.75) is 6.92 Å². The lowest BCUT2D eigenvalue weighted by Gasteiger charge is -2.15. The summed E-state index contributed by atoms with van der Waals surface area (Å²) < 4.78 is 4.74. The molecule has 0 aromatic heterocycles. The quantitative estimate of drug-likeness (QED) is 0.413. The molecule has 0 fully saturated rings. The predicted octanol–water partition coefficient (Wildman–Crippen LogP) is 0.763. The van der Waals surface area contributed by atoms with Crippen LogP contribution in [0.2, 0.25) is 0 Å². The average Bonchev–Trinajstić information content (AvgIpc) is 2.80. The zero-order chi connectivity index (χ0) is 18.7. The van der Waals surface area contributed by atoms with Crippen LogP contribution in [0.1, 0.15) is 12.5 Å². The third-order valence-corrected chi connectivity index (χ3v) is 3.23. The molecule has 132 valence electrons. The molecule has 1 heterocycles. The number of benzene rings is 1. The smallest absolute Gasteiger partial charge is 0.326 e. The second-order valence-electron chi connectivity index (χ2n) is 4.69. The summed E-state index contributed by atoms with van der Waals surface area (Å²) in [6.07, 6.45) is 0. The predicted molar refractivity (Wildman–Crippen MR) is 82.3 cm³/mol. The first-order valence-electron chi connectivity index (χ1n) is 6.87. The Morgan fingerprint density at radius 2 is 1.96 bits per heavy atom. The Bertz CT molecular complexity index is 803. The van der Waals surface area contributed by atoms with Gasteiger partial charge in [-0.25, -0.2) is 0 Å². The molecule has 2 rings (SSSR count). The summed E-state index contributed by atoms with van der Waals surface area (Å²) in [4.78, 5) is 50.1. The number of nitro benzene ring substituents is 2. The van der Waals surface area contributed by atoms with Gasteiger partial charge in [0.15, 0.2) is 5.71 Å². The first kappa shape index (κ1) is 17.8. The van der Waals surface area contributed by atoms with Gasteiger partial charge in [0.1, 0.15) is 19.3 Å². The molecule has 0 radical (unpaired) electrons. The number of rotatable bonds is 6. The van der Waals surface area contributed by atoms with Gasteiger partial charge in [-0.05, 0) is 6.92 Å². The van der Waals surface area contributed by atoms with Crippen molar-refractivity contribution in [3.05, 3.63) is 37.9 Å². The lowest BCUT2D eigenvalue weighted by Crippen LogP contribution is -2.36. The molecule has 0 atom stereocenters. The third-order valence-electron chi connectivity index (χ3n) is 3.23. The number of amides is 1. The summed E-state index contributed by atoms with van der Waals surface area (Å²) in [7, 11) is 1.14. The van der Waals surface area contributed by atoms with Crippen LogP contribution in [0.5, 0.6) is 0 Å². The molecule has 1 aliphatic rings. The second-order valence-corrected chi connectivity index (χ2v) is 4.69. The summed E-state index contributed by atoms with van der Waals surface area (Å²) >= 11 is 0. The van der Waals surface area contributed by atoms with Crippen LogP contribution in [-0.4, -0.2) is 47.7 Å². The number of hydrogen-bond acceptors (Lipinski definition) is 9. The molecular formula is C13H12N4O8. The van der Waals surface area contributed by atoms with Crippen molar-refractivity contribution in [1.82, 2.24) is 0 Å². The Hall–Kier alpha value is -3.57. The molecule has 1 aromatic carbocycles. The SMILES string of the molecule is CCOC(=O)CN1C(=O)C(=NOC)c2cc([N+](=O)[O-])cc([N+](=O)[O-])c21. The van der Waals surface area contributed by atoms with Crippen LogP contribution in [0, 0.1) is 20.2 Å². The number of esters is 1. The van der Waals surface area contributed by atoms with Crippen molar-refractivity contribution in [2.75, 3.05) is 25.2 Å². The number of nitrogens with zero attached hydrogens (tertiary/aromatic N) is 4. The number of non-ortho nitro benzene ring substituents is 1. The van der Waals surface area contributed by atoms with Gasteiger partial charge in [-0.2, -0.15) is 0 Å². The molecule has 12 heteroatoms. The number of anilines is 1. The molecule has 0 saturated heterocycles. The summed E-state index contributed by atoms with van der Waals surface area (Å²) in [5, 5.41) is 25.8. The number of oxime groups is 1. The van der Waals surface area contributed by atoms with Gasteiger partial charge in [-0.15, -0.1) is 0 Å². The van der Waals surface area contributed by atoms with E-state index in [-0.39, 0.29) is 23.6 Å². The van der Waals surface area contributed by atoms with E-state index in [1.165, 1.54) is 0 Å². The molecule has 0 saturated carbocycles. The van der Waals surface area contributed by atoms with E-state index in [4.69, 9.17) is 4.74 Å². The normalized spacial score (nSPS) is 14.4. The molecule has 0 spiro atoms. The highest BCUT2D eigenvalue weighted by Gasteiger charge is 2.43. The molecule has 1 aliphatic heterocycles. The lowest BCUT2D eigenvalue weighted by atomic mass is 10.1. The Labute approximate surface area is 139 Å². The first-order chi connectivity index (χ1) is 11.8. The number of carbonyl (C=O) groups excluding carboxylic acids is 2. The van der Waals surface area contributed by atoms with Gasteiger partial charge in [-0.3, -0.25) is 34.7 Å². The van der Waals surface area contributed by atoms with Gasteiger partial charge >= 0.3 is 11.7 Å². The lowest BCUT2D eigenvalue weighted by molar-refractivity contribution is -0.393. The van der Waals surface area contributed by atoms with E-state index in [1.54, 1.807) is 6.92 Å². The van der Waals surface area contributed by atoms with Crippen molar-refractivity contribution in [2.24, 2.45) is 5.16 Å². The van der Waals surface area contributed by atoms with Crippen molar-refractivity contribution in [3.8, 4) is 0 Å². The Balaban J connectivity index is 2.69. The number of nitro groups is 2. The largest absolute Gasteiger partial charge is 0.465 e. The molecule has 1 aromatic rings. The molecular weight excluding hydrogens is 340 g/mol. The Morgan fingerprint density at radius 3 is 2.48 bits per heavy atom. The van der Waals surface area contributed by atoms with E-state index in [9.17, 15) is 29.8 Å². The van der Waals surface area contributed by atoms with Crippen LogP contribution in [0.4, 0.5) is 17.1 Å². The highest BCUT2D eigenvalue weighted by molar-refractivity contribution is 6.55. The van der Waals surface area contributed by atoms with E-state index >= 15 is 0 Å². The van der Waals surface area contributed by atoms with Gasteiger partial charge < -0.3 is 9.57 Å². The minimum Gasteiger partial charge on any atom is -0.465 e. The van der Waals surface area contributed by atoms with Crippen LogP contribution in [0.3, 0.4) is 0 Å². The number of ether oxygens (including phenoxy) is 1. The summed E-state index contributed by atoms with van der Waals surface area (Å²) in [6.45, 7) is 0.997. The van der Waals surface area contributed by atoms with Gasteiger partial charge in [-0.1, -0.05) is 5.16 Å².